The molecule has 5 heteroatoms. The van der Waals surface area contributed by atoms with E-state index in [1.807, 2.05) is 13.8 Å². The molecule has 16 heavy (non-hydrogen) atoms. The average molecular weight is 262 g/mol. The SMILES string of the molecule is COc1csc(C(=O)NCC(Cl)C(C)C)c1. The van der Waals surface area contributed by atoms with Crippen molar-refractivity contribution in [3.05, 3.63) is 16.3 Å². The number of methoxy groups -OCH3 is 1. The first-order valence-corrected chi connectivity index (χ1v) is 6.41. The Hall–Kier alpha value is -0.740. The molecule has 0 saturated heterocycles. The Morgan fingerprint density at radius 3 is 2.81 bits per heavy atom. The molecular weight excluding hydrogens is 246 g/mol. The zero-order valence-corrected chi connectivity index (χ0v) is 11.2. The highest BCUT2D eigenvalue weighted by atomic mass is 35.5. The van der Waals surface area contributed by atoms with Crippen molar-refractivity contribution in [3.63, 3.8) is 0 Å². The fourth-order valence-electron chi connectivity index (χ4n) is 1.06. The lowest BCUT2D eigenvalue weighted by Gasteiger charge is -2.13. The van der Waals surface area contributed by atoms with E-state index in [1.54, 1.807) is 18.6 Å². The highest BCUT2D eigenvalue weighted by Gasteiger charge is 2.13. The number of nitrogens with one attached hydrogen (secondary N) is 1. The lowest BCUT2D eigenvalue weighted by atomic mass is 10.1. The summed E-state index contributed by atoms with van der Waals surface area (Å²) in [5.41, 5.74) is 0. The van der Waals surface area contributed by atoms with Gasteiger partial charge in [0.25, 0.3) is 5.91 Å². The van der Waals surface area contributed by atoms with Crippen LogP contribution in [0.25, 0.3) is 0 Å². The van der Waals surface area contributed by atoms with Crippen LogP contribution < -0.4 is 10.1 Å². The van der Waals surface area contributed by atoms with Crippen molar-refractivity contribution in [2.24, 2.45) is 5.92 Å². The maximum absolute atomic E-state index is 11.7. The topological polar surface area (TPSA) is 38.3 Å². The van der Waals surface area contributed by atoms with Gasteiger partial charge in [0.05, 0.1) is 17.4 Å². The molecule has 0 aliphatic heterocycles. The third-order valence-corrected chi connectivity index (χ3v) is 3.78. The van der Waals surface area contributed by atoms with Gasteiger partial charge in [0.1, 0.15) is 5.75 Å². The standard InChI is InChI=1S/C11H16ClNO2S/c1-7(2)9(12)5-13-11(14)10-4-8(15-3)6-16-10/h4,6-7,9H,5H2,1-3H3,(H,13,14). The zero-order valence-electron chi connectivity index (χ0n) is 9.62. The summed E-state index contributed by atoms with van der Waals surface area (Å²) in [5, 5.41) is 4.57. The number of rotatable bonds is 5. The van der Waals surface area contributed by atoms with Gasteiger partial charge in [-0.15, -0.1) is 22.9 Å². The van der Waals surface area contributed by atoms with Crippen LogP contribution in [0.5, 0.6) is 5.75 Å². The van der Waals surface area contributed by atoms with E-state index in [0.29, 0.717) is 23.1 Å². The van der Waals surface area contributed by atoms with Crippen LogP contribution in [-0.4, -0.2) is 24.9 Å². The lowest BCUT2D eigenvalue weighted by Crippen LogP contribution is -2.31. The van der Waals surface area contributed by atoms with E-state index in [4.69, 9.17) is 16.3 Å². The van der Waals surface area contributed by atoms with Gasteiger partial charge >= 0.3 is 0 Å². The second-order valence-corrected chi connectivity index (χ2v) is 5.29. The number of amides is 1. The van der Waals surface area contributed by atoms with E-state index < -0.39 is 0 Å². The number of ether oxygens (including phenoxy) is 1. The highest BCUT2D eigenvalue weighted by molar-refractivity contribution is 7.12. The highest BCUT2D eigenvalue weighted by Crippen LogP contribution is 2.20. The van der Waals surface area contributed by atoms with Crippen LogP contribution >= 0.6 is 22.9 Å². The number of carbonyl (C=O) groups is 1. The Labute approximate surface area is 105 Å². The van der Waals surface area contributed by atoms with E-state index in [0.717, 1.165) is 0 Å². The van der Waals surface area contributed by atoms with Crippen LogP contribution in [0, 0.1) is 5.92 Å². The molecule has 1 amide bonds. The van der Waals surface area contributed by atoms with Crippen LogP contribution in [0.4, 0.5) is 0 Å². The molecule has 0 bridgehead atoms. The van der Waals surface area contributed by atoms with Gasteiger partial charge in [0.15, 0.2) is 0 Å². The maximum Gasteiger partial charge on any atom is 0.261 e. The fraction of sp³-hybridized carbons (Fsp3) is 0.545. The summed E-state index contributed by atoms with van der Waals surface area (Å²) in [6.07, 6.45) is 0. The van der Waals surface area contributed by atoms with Crippen molar-refractivity contribution >= 4 is 28.8 Å². The van der Waals surface area contributed by atoms with E-state index in [1.165, 1.54) is 11.3 Å². The van der Waals surface area contributed by atoms with Gasteiger partial charge in [0.2, 0.25) is 0 Å². The van der Waals surface area contributed by atoms with Crippen molar-refractivity contribution in [1.82, 2.24) is 5.32 Å². The van der Waals surface area contributed by atoms with Crippen LogP contribution in [-0.2, 0) is 0 Å². The van der Waals surface area contributed by atoms with Gasteiger partial charge in [-0.25, -0.2) is 0 Å². The Kier molecular flexibility index (Phi) is 5.09. The molecular formula is C11H16ClNO2S. The molecule has 1 unspecified atom stereocenters. The monoisotopic (exact) mass is 261 g/mol. The minimum absolute atomic E-state index is 0.0363. The smallest absolute Gasteiger partial charge is 0.261 e. The fourth-order valence-corrected chi connectivity index (χ4v) is 1.91. The van der Waals surface area contributed by atoms with E-state index >= 15 is 0 Å². The van der Waals surface area contributed by atoms with Gasteiger partial charge in [-0.1, -0.05) is 13.8 Å². The number of carbonyl (C=O) groups excluding carboxylic acids is 1. The van der Waals surface area contributed by atoms with Crippen LogP contribution in [0.1, 0.15) is 23.5 Å². The average Bonchev–Trinajstić information content (AvgIpc) is 2.73. The van der Waals surface area contributed by atoms with Gasteiger partial charge in [-0.3, -0.25) is 4.79 Å². The summed E-state index contributed by atoms with van der Waals surface area (Å²) in [6.45, 7) is 4.54. The molecule has 1 aromatic heterocycles. The molecule has 1 heterocycles. The summed E-state index contributed by atoms with van der Waals surface area (Å²) in [5.74, 6) is 0.959. The third kappa shape index (κ3) is 3.68. The molecule has 0 saturated carbocycles. The van der Waals surface area contributed by atoms with Crippen LogP contribution in [0.2, 0.25) is 0 Å². The van der Waals surface area contributed by atoms with Crippen molar-refractivity contribution in [1.29, 1.82) is 0 Å². The van der Waals surface area contributed by atoms with Crippen LogP contribution in [0.15, 0.2) is 11.4 Å². The van der Waals surface area contributed by atoms with Crippen molar-refractivity contribution in [3.8, 4) is 5.75 Å². The number of alkyl halides is 1. The molecule has 3 nitrogen and oxygen atoms in total. The first-order chi connectivity index (χ1) is 7.54. The van der Waals surface area contributed by atoms with Crippen molar-refractivity contribution in [2.75, 3.05) is 13.7 Å². The molecule has 90 valence electrons. The van der Waals surface area contributed by atoms with Gasteiger partial charge < -0.3 is 10.1 Å². The molecule has 0 aliphatic carbocycles. The normalized spacial score (nSPS) is 12.6. The molecule has 1 atom stereocenters. The molecule has 1 N–H and O–H groups in total. The molecule has 1 rings (SSSR count). The van der Waals surface area contributed by atoms with E-state index in [2.05, 4.69) is 5.32 Å². The maximum atomic E-state index is 11.7. The van der Waals surface area contributed by atoms with Crippen molar-refractivity contribution in [2.45, 2.75) is 19.2 Å². The Bertz CT molecular complexity index is 352. The van der Waals surface area contributed by atoms with Gasteiger partial charge in [0, 0.05) is 18.0 Å². The van der Waals surface area contributed by atoms with Gasteiger partial charge in [-0.05, 0) is 5.92 Å². The molecule has 0 spiro atoms. The molecule has 1 aromatic rings. The minimum Gasteiger partial charge on any atom is -0.496 e. The second-order valence-electron chi connectivity index (χ2n) is 3.82. The van der Waals surface area contributed by atoms with E-state index in [9.17, 15) is 4.79 Å². The molecule has 0 fully saturated rings. The third-order valence-electron chi connectivity index (χ3n) is 2.22. The molecule has 0 aromatic carbocycles. The molecule has 0 aliphatic rings. The predicted molar refractivity (Wildman–Crippen MR) is 67.7 cm³/mol. The Morgan fingerprint density at radius 1 is 1.62 bits per heavy atom. The number of thiophene rings is 1. The van der Waals surface area contributed by atoms with Gasteiger partial charge in [-0.2, -0.15) is 0 Å². The summed E-state index contributed by atoms with van der Waals surface area (Å²) in [7, 11) is 1.58. The lowest BCUT2D eigenvalue weighted by molar-refractivity contribution is 0.0956. The number of halogens is 1. The Morgan fingerprint density at radius 2 is 2.31 bits per heavy atom. The summed E-state index contributed by atoms with van der Waals surface area (Å²) < 4.78 is 5.01. The number of hydrogen-bond acceptors (Lipinski definition) is 3. The largest absolute Gasteiger partial charge is 0.496 e. The summed E-state index contributed by atoms with van der Waals surface area (Å²) >= 11 is 7.41. The van der Waals surface area contributed by atoms with Crippen molar-refractivity contribution < 1.29 is 9.53 Å². The van der Waals surface area contributed by atoms with E-state index in [-0.39, 0.29) is 11.3 Å². The zero-order chi connectivity index (χ0) is 12.1. The minimum atomic E-state index is -0.0976. The first kappa shape index (κ1) is 13.3. The van der Waals surface area contributed by atoms with Crippen LogP contribution in [0.3, 0.4) is 0 Å². The predicted octanol–water partition coefficient (Wildman–Crippen LogP) is 2.75. The number of hydrogen-bond donors (Lipinski definition) is 1. The summed E-state index contributed by atoms with van der Waals surface area (Å²) in [4.78, 5) is 12.3. The first-order valence-electron chi connectivity index (χ1n) is 5.09. The molecule has 0 radical (unpaired) electrons. The Balaban J connectivity index is 2.46. The quantitative estimate of drug-likeness (QED) is 0.828. The summed E-state index contributed by atoms with van der Waals surface area (Å²) in [6, 6.07) is 1.72. The second kappa shape index (κ2) is 6.11.